The van der Waals surface area contributed by atoms with Gasteiger partial charge in [-0.3, -0.25) is 5.43 Å². The molecule has 0 saturated heterocycles. The Morgan fingerprint density at radius 2 is 2.20 bits per heavy atom. The third kappa shape index (κ3) is 4.20. The monoisotopic (exact) mass is 291 g/mol. The number of thiocarbonyl (C=S) groups is 1. The number of anilines is 1. The van der Waals surface area contributed by atoms with Gasteiger partial charge in [0.05, 0.1) is 12.8 Å². The molecule has 0 bridgehead atoms. The van der Waals surface area contributed by atoms with Crippen molar-refractivity contribution in [3.63, 3.8) is 0 Å². The Morgan fingerprint density at radius 3 is 2.95 bits per heavy atom. The van der Waals surface area contributed by atoms with Gasteiger partial charge in [0.1, 0.15) is 5.75 Å². The summed E-state index contributed by atoms with van der Waals surface area (Å²) in [5.74, 6) is 1.48. The fourth-order valence-electron chi connectivity index (χ4n) is 2.39. The largest absolute Gasteiger partial charge is 0.495 e. The van der Waals surface area contributed by atoms with Crippen molar-refractivity contribution in [2.24, 2.45) is 11.0 Å². The van der Waals surface area contributed by atoms with Crippen molar-refractivity contribution in [2.75, 3.05) is 12.4 Å². The fraction of sp³-hybridized carbons (Fsp3) is 0.467. The van der Waals surface area contributed by atoms with Crippen LogP contribution in [0.5, 0.6) is 5.75 Å². The first-order valence-corrected chi connectivity index (χ1v) is 7.35. The van der Waals surface area contributed by atoms with Crippen LogP contribution in [0, 0.1) is 5.92 Å². The van der Waals surface area contributed by atoms with Crippen LogP contribution in [0.25, 0.3) is 0 Å². The highest BCUT2D eigenvalue weighted by atomic mass is 32.1. The predicted octanol–water partition coefficient (Wildman–Crippen LogP) is 3.55. The van der Waals surface area contributed by atoms with Gasteiger partial charge in [-0.2, -0.15) is 5.10 Å². The Kier molecular flexibility index (Phi) is 5.35. The van der Waals surface area contributed by atoms with E-state index in [9.17, 15) is 0 Å². The lowest BCUT2D eigenvalue weighted by Gasteiger charge is -2.19. The molecule has 1 aromatic rings. The Hall–Kier alpha value is -1.62. The molecule has 0 spiro atoms. The maximum atomic E-state index is 5.27. The molecule has 0 unspecified atom stereocenters. The molecule has 0 aromatic heterocycles. The van der Waals surface area contributed by atoms with Gasteiger partial charge < -0.3 is 10.1 Å². The lowest BCUT2D eigenvalue weighted by atomic mass is 9.89. The second-order valence-electron chi connectivity index (χ2n) is 5.15. The van der Waals surface area contributed by atoms with Crippen molar-refractivity contribution in [3.05, 3.63) is 24.3 Å². The van der Waals surface area contributed by atoms with Crippen LogP contribution in [-0.2, 0) is 0 Å². The van der Waals surface area contributed by atoms with Crippen molar-refractivity contribution < 1.29 is 4.74 Å². The van der Waals surface area contributed by atoms with E-state index >= 15 is 0 Å². The van der Waals surface area contributed by atoms with Crippen LogP contribution in [0.2, 0.25) is 0 Å². The first-order chi connectivity index (χ1) is 9.69. The Balaban J connectivity index is 1.90. The average molecular weight is 291 g/mol. The first kappa shape index (κ1) is 14.8. The topological polar surface area (TPSA) is 45.6 Å². The number of ether oxygens (including phenoxy) is 1. The summed E-state index contributed by atoms with van der Waals surface area (Å²) in [5.41, 5.74) is 4.96. The average Bonchev–Trinajstić information content (AvgIpc) is 2.46. The zero-order chi connectivity index (χ0) is 14.4. The lowest BCUT2D eigenvalue weighted by Crippen LogP contribution is -2.26. The minimum atomic E-state index is 0.486. The van der Waals surface area contributed by atoms with Crippen molar-refractivity contribution in [2.45, 2.75) is 32.6 Å². The van der Waals surface area contributed by atoms with Gasteiger partial charge in [0.2, 0.25) is 0 Å². The van der Waals surface area contributed by atoms with Gasteiger partial charge in [-0.15, -0.1) is 0 Å². The normalized spacial score (nSPS) is 20.5. The van der Waals surface area contributed by atoms with E-state index in [0.717, 1.165) is 30.2 Å². The van der Waals surface area contributed by atoms with Gasteiger partial charge >= 0.3 is 0 Å². The number of nitrogens with zero attached hydrogens (tertiary/aromatic N) is 1. The summed E-state index contributed by atoms with van der Waals surface area (Å²) in [7, 11) is 1.64. The Morgan fingerprint density at radius 1 is 1.40 bits per heavy atom. The van der Waals surface area contributed by atoms with Gasteiger partial charge in [-0.1, -0.05) is 19.1 Å². The third-order valence-corrected chi connectivity index (χ3v) is 3.61. The summed E-state index contributed by atoms with van der Waals surface area (Å²) >= 11 is 5.26. The van der Waals surface area contributed by atoms with Gasteiger partial charge in [0, 0.05) is 5.71 Å². The Labute approximate surface area is 125 Å². The molecule has 1 fully saturated rings. The van der Waals surface area contributed by atoms with Crippen LogP contribution >= 0.6 is 12.2 Å². The predicted molar refractivity (Wildman–Crippen MR) is 87.4 cm³/mol. The standard InChI is InChI=1S/C15H21N3OS/c1-11-6-5-7-12(10-11)17-18-15(20)16-13-8-3-4-9-14(13)19-2/h3-4,8-9,11H,5-7,10H2,1-2H3,(H2,16,18,20)/b17-12+/t11-/m0/s1. The number of hydrogen-bond acceptors (Lipinski definition) is 3. The number of benzene rings is 1. The smallest absolute Gasteiger partial charge is 0.191 e. The second-order valence-corrected chi connectivity index (χ2v) is 5.55. The van der Waals surface area contributed by atoms with E-state index in [1.807, 2.05) is 24.3 Å². The van der Waals surface area contributed by atoms with E-state index in [1.54, 1.807) is 7.11 Å². The zero-order valence-electron chi connectivity index (χ0n) is 12.0. The number of methoxy groups -OCH3 is 1. The van der Waals surface area contributed by atoms with Crippen molar-refractivity contribution >= 4 is 28.7 Å². The minimum absolute atomic E-state index is 0.486. The molecule has 0 radical (unpaired) electrons. The maximum Gasteiger partial charge on any atom is 0.191 e. The summed E-state index contributed by atoms with van der Waals surface area (Å²) in [4.78, 5) is 0. The number of rotatable bonds is 3. The van der Waals surface area contributed by atoms with Gasteiger partial charge in [0.15, 0.2) is 5.11 Å². The first-order valence-electron chi connectivity index (χ1n) is 6.94. The molecule has 4 nitrogen and oxygen atoms in total. The summed E-state index contributed by atoms with van der Waals surface area (Å²) < 4.78 is 5.27. The van der Waals surface area contributed by atoms with E-state index in [1.165, 1.54) is 18.6 Å². The summed E-state index contributed by atoms with van der Waals surface area (Å²) in [6.45, 7) is 2.26. The quantitative estimate of drug-likeness (QED) is 0.660. The van der Waals surface area contributed by atoms with Crippen LogP contribution in [0.3, 0.4) is 0 Å². The van der Waals surface area contributed by atoms with Crippen LogP contribution < -0.4 is 15.5 Å². The van der Waals surface area contributed by atoms with Crippen molar-refractivity contribution in [1.82, 2.24) is 5.43 Å². The molecular formula is C15H21N3OS. The number of hydrogen-bond donors (Lipinski definition) is 2. The second kappa shape index (κ2) is 7.24. The molecule has 1 aliphatic carbocycles. The highest BCUT2D eigenvalue weighted by Crippen LogP contribution is 2.23. The molecule has 2 N–H and O–H groups in total. The zero-order valence-corrected chi connectivity index (χ0v) is 12.8. The highest BCUT2D eigenvalue weighted by Gasteiger charge is 2.14. The summed E-state index contributed by atoms with van der Waals surface area (Å²) in [5, 5.41) is 7.99. The third-order valence-electron chi connectivity index (χ3n) is 3.42. The van der Waals surface area contributed by atoms with Gasteiger partial charge in [0.25, 0.3) is 0 Å². The van der Waals surface area contributed by atoms with E-state index in [-0.39, 0.29) is 0 Å². The molecule has 0 heterocycles. The lowest BCUT2D eigenvalue weighted by molar-refractivity contribution is 0.417. The molecule has 1 aliphatic rings. The molecule has 1 atom stereocenters. The van der Waals surface area contributed by atoms with E-state index in [2.05, 4.69) is 22.8 Å². The number of para-hydroxylation sites is 2. The summed E-state index contributed by atoms with van der Waals surface area (Å²) in [6.07, 6.45) is 4.64. The highest BCUT2D eigenvalue weighted by molar-refractivity contribution is 7.80. The molecule has 0 amide bonds. The molecule has 20 heavy (non-hydrogen) atoms. The number of nitrogens with one attached hydrogen (secondary N) is 2. The fourth-order valence-corrected chi connectivity index (χ4v) is 2.55. The molecule has 2 rings (SSSR count). The van der Waals surface area contributed by atoms with Gasteiger partial charge in [-0.05, 0) is 56.0 Å². The van der Waals surface area contributed by atoms with E-state index < -0.39 is 0 Å². The van der Waals surface area contributed by atoms with Crippen molar-refractivity contribution in [1.29, 1.82) is 0 Å². The molecule has 1 aromatic carbocycles. The van der Waals surface area contributed by atoms with Crippen LogP contribution in [0.15, 0.2) is 29.4 Å². The molecule has 1 saturated carbocycles. The molecule has 0 aliphatic heterocycles. The van der Waals surface area contributed by atoms with Crippen LogP contribution in [-0.4, -0.2) is 17.9 Å². The molecule has 108 valence electrons. The van der Waals surface area contributed by atoms with E-state index in [0.29, 0.717) is 5.11 Å². The Bertz CT molecular complexity index is 502. The summed E-state index contributed by atoms with van der Waals surface area (Å²) in [6, 6.07) is 7.66. The minimum Gasteiger partial charge on any atom is -0.495 e. The van der Waals surface area contributed by atoms with Crippen LogP contribution in [0.1, 0.15) is 32.6 Å². The van der Waals surface area contributed by atoms with Gasteiger partial charge in [-0.25, -0.2) is 0 Å². The number of hydrazone groups is 1. The molecular weight excluding hydrogens is 270 g/mol. The van der Waals surface area contributed by atoms with E-state index in [4.69, 9.17) is 17.0 Å². The molecule has 5 heteroatoms. The SMILES string of the molecule is COc1ccccc1NC(=S)N/N=C1\CCC[C@H](C)C1. The van der Waals surface area contributed by atoms with Crippen LogP contribution in [0.4, 0.5) is 5.69 Å². The van der Waals surface area contributed by atoms with Crippen molar-refractivity contribution in [3.8, 4) is 5.75 Å². The maximum absolute atomic E-state index is 5.27.